The average Bonchev–Trinajstić information content (AvgIpc) is 3.40. The Kier molecular flexibility index (Phi) is 5.43. The Morgan fingerprint density at radius 3 is 2.55 bits per heavy atom. The van der Waals surface area contributed by atoms with Crippen molar-refractivity contribution in [3.63, 3.8) is 0 Å². The number of esters is 1. The molecule has 29 heavy (non-hydrogen) atoms. The number of ether oxygens (including phenoxy) is 1. The lowest BCUT2D eigenvalue weighted by Crippen LogP contribution is -2.46. The molecule has 1 aliphatic carbocycles. The summed E-state index contributed by atoms with van der Waals surface area (Å²) in [6.45, 7) is 1.57. The minimum Gasteiger partial charge on any atom is -0.467 e. The predicted octanol–water partition coefficient (Wildman–Crippen LogP) is 3.14. The Morgan fingerprint density at radius 1 is 1.14 bits per heavy atom. The normalized spacial score (nSPS) is 26.3. The molecule has 1 amide bonds. The number of amides is 1. The van der Waals surface area contributed by atoms with Gasteiger partial charge in [-0.25, -0.2) is 4.79 Å². The summed E-state index contributed by atoms with van der Waals surface area (Å²) >= 11 is 0. The molecule has 3 fully saturated rings. The number of hydrogen-bond acceptors (Lipinski definition) is 6. The van der Waals surface area contributed by atoms with E-state index in [1.165, 1.54) is 13.2 Å². The summed E-state index contributed by atoms with van der Waals surface area (Å²) in [4.78, 5) is 40.7. The topological polar surface area (TPSA) is 93.0 Å². The van der Waals surface area contributed by atoms with Gasteiger partial charge in [0.1, 0.15) is 11.7 Å². The summed E-state index contributed by atoms with van der Waals surface area (Å²) in [6.07, 6.45) is 6.61. The molecule has 8 heteroatoms. The van der Waals surface area contributed by atoms with Gasteiger partial charge in [-0.3, -0.25) is 14.9 Å². The minimum atomic E-state index is -0.613. The summed E-state index contributed by atoms with van der Waals surface area (Å²) in [5, 5.41) is 11.7. The van der Waals surface area contributed by atoms with E-state index < -0.39 is 16.9 Å². The molecule has 0 N–H and O–H groups in total. The summed E-state index contributed by atoms with van der Waals surface area (Å²) in [7, 11) is 1.34. The molecule has 0 aromatic heterocycles. The highest BCUT2D eigenvalue weighted by atomic mass is 16.6. The molecule has 2 aliphatic heterocycles. The zero-order chi connectivity index (χ0) is 20.5. The number of fused-ring (bicyclic) bond motifs is 1. The number of carbonyl (C=O) groups is 2. The molecule has 3 atom stereocenters. The second-order valence-electron chi connectivity index (χ2n) is 8.25. The first-order chi connectivity index (χ1) is 14.0. The number of anilines is 1. The lowest BCUT2D eigenvalue weighted by atomic mass is 9.84. The number of nitro benzene ring substituents is 1. The molecule has 1 aromatic rings. The zero-order valence-corrected chi connectivity index (χ0v) is 16.7. The quantitative estimate of drug-likeness (QED) is 0.437. The van der Waals surface area contributed by atoms with Crippen LogP contribution in [0.4, 0.5) is 11.4 Å². The summed E-state index contributed by atoms with van der Waals surface area (Å²) in [5.74, 6) is -0.433. The predicted molar refractivity (Wildman–Crippen MR) is 107 cm³/mol. The van der Waals surface area contributed by atoms with Gasteiger partial charge in [0.25, 0.3) is 11.6 Å². The lowest BCUT2D eigenvalue weighted by Gasteiger charge is -2.33. The van der Waals surface area contributed by atoms with Crippen molar-refractivity contribution in [3.8, 4) is 0 Å². The van der Waals surface area contributed by atoms with Crippen LogP contribution in [0, 0.1) is 16.0 Å². The Labute approximate surface area is 169 Å². The fourth-order valence-electron chi connectivity index (χ4n) is 5.28. The molecule has 1 aromatic carbocycles. The van der Waals surface area contributed by atoms with Gasteiger partial charge < -0.3 is 14.5 Å². The van der Waals surface area contributed by atoms with Crippen molar-refractivity contribution in [1.29, 1.82) is 0 Å². The van der Waals surface area contributed by atoms with Crippen LogP contribution in [0.5, 0.6) is 0 Å². The second-order valence-corrected chi connectivity index (χ2v) is 8.25. The highest BCUT2D eigenvalue weighted by molar-refractivity contribution is 5.98. The molecular weight excluding hydrogens is 374 g/mol. The molecule has 0 radical (unpaired) electrons. The van der Waals surface area contributed by atoms with Gasteiger partial charge in [-0.2, -0.15) is 0 Å². The maximum atomic E-state index is 13.4. The highest BCUT2D eigenvalue weighted by Crippen LogP contribution is 2.41. The molecule has 2 saturated heterocycles. The minimum absolute atomic E-state index is 0.00216. The van der Waals surface area contributed by atoms with Crippen molar-refractivity contribution in [2.45, 2.75) is 57.0 Å². The molecular formula is C21H27N3O5. The van der Waals surface area contributed by atoms with Gasteiger partial charge in [0, 0.05) is 30.8 Å². The van der Waals surface area contributed by atoms with Gasteiger partial charge in [-0.05, 0) is 50.2 Å². The SMILES string of the molecule is COC(=O)C1CC2CCCCC2N1C(=O)c1ccc(N2CCCC2)c([N+](=O)[O-])c1. The third-order valence-electron chi connectivity index (χ3n) is 6.66. The fraction of sp³-hybridized carbons (Fsp3) is 0.619. The smallest absolute Gasteiger partial charge is 0.328 e. The van der Waals surface area contributed by atoms with E-state index in [2.05, 4.69) is 0 Å². The van der Waals surface area contributed by atoms with E-state index in [1.807, 2.05) is 4.90 Å². The molecule has 3 unspecified atom stereocenters. The van der Waals surface area contributed by atoms with Crippen LogP contribution in [0.25, 0.3) is 0 Å². The maximum Gasteiger partial charge on any atom is 0.328 e. The lowest BCUT2D eigenvalue weighted by molar-refractivity contribution is -0.384. The molecule has 156 valence electrons. The van der Waals surface area contributed by atoms with Crippen LogP contribution in [0.3, 0.4) is 0 Å². The monoisotopic (exact) mass is 401 g/mol. The number of hydrogen-bond donors (Lipinski definition) is 0. The molecule has 2 heterocycles. The van der Waals surface area contributed by atoms with Crippen LogP contribution in [0.2, 0.25) is 0 Å². The van der Waals surface area contributed by atoms with E-state index in [9.17, 15) is 19.7 Å². The first-order valence-electron chi connectivity index (χ1n) is 10.4. The number of nitro groups is 1. The molecule has 1 saturated carbocycles. The Morgan fingerprint density at radius 2 is 1.86 bits per heavy atom. The van der Waals surface area contributed by atoms with Crippen molar-refractivity contribution in [2.24, 2.45) is 5.92 Å². The van der Waals surface area contributed by atoms with Crippen molar-refractivity contribution in [3.05, 3.63) is 33.9 Å². The van der Waals surface area contributed by atoms with Gasteiger partial charge in [0.2, 0.25) is 0 Å². The third kappa shape index (κ3) is 3.56. The van der Waals surface area contributed by atoms with Gasteiger partial charge in [0.05, 0.1) is 12.0 Å². The number of benzene rings is 1. The van der Waals surface area contributed by atoms with Crippen molar-refractivity contribution < 1.29 is 19.2 Å². The second kappa shape index (κ2) is 8.00. The Balaban J connectivity index is 1.67. The van der Waals surface area contributed by atoms with Crippen molar-refractivity contribution >= 4 is 23.3 Å². The van der Waals surface area contributed by atoms with E-state index in [4.69, 9.17) is 4.74 Å². The van der Waals surface area contributed by atoms with Crippen molar-refractivity contribution in [1.82, 2.24) is 4.90 Å². The van der Waals surface area contributed by atoms with Gasteiger partial charge in [-0.15, -0.1) is 0 Å². The number of nitrogens with zero attached hydrogens (tertiary/aromatic N) is 3. The van der Waals surface area contributed by atoms with E-state index >= 15 is 0 Å². The largest absolute Gasteiger partial charge is 0.467 e. The van der Waals surface area contributed by atoms with E-state index in [0.717, 1.165) is 51.6 Å². The standard InChI is InChI=1S/C21H27N3O5/c1-29-21(26)19-12-14-6-2-3-7-16(14)23(19)20(25)15-8-9-17(18(13-15)24(27)28)22-10-4-5-11-22/h8-9,13-14,16,19H,2-7,10-12H2,1H3. The van der Waals surface area contributed by atoms with E-state index in [1.54, 1.807) is 17.0 Å². The first-order valence-corrected chi connectivity index (χ1v) is 10.4. The molecule has 3 aliphatic rings. The maximum absolute atomic E-state index is 13.4. The number of likely N-dealkylation sites (tertiary alicyclic amines) is 1. The van der Waals surface area contributed by atoms with Crippen LogP contribution < -0.4 is 4.90 Å². The van der Waals surface area contributed by atoms with E-state index in [-0.39, 0.29) is 29.1 Å². The van der Waals surface area contributed by atoms with Crippen LogP contribution in [-0.2, 0) is 9.53 Å². The molecule has 4 rings (SSSR count). The summed E-state index contributed by atoms with van der Waals surface area (Å²) in [5.41, 5.74) is 0.775. The van der Waals surface area contributed by atoms with E-state index in [0.29, 0.717) is 12.1 Å². The van der Waals surface area contributed by atoms with Crippen LogP contribution in [0.1, 0.15) is 55.3 Å². The van der Waals surface area contributed by atoms with Gasteiger partial charge >= 0.3 is 5.97 Å². The number of methoxy groups -OCH3 is 1. The third-order valence-corrected chi connectivity index (χ3v) is 6.66. The summed E-state index contributed by atoms with van der Waals surface area (Å²) in [6, 6.07) is 4.10. The highest BCUT2D eigenvalue weighted by Gasteiger charge is 2.48. The number of carbonyl (C=O) groups excluding carboxylic acids is 2. The fourth-order valence-corrected chi connectivity index (χ4v) is 5.28. The van der Waals surface area contributed by atoms with Crippen molar-refractivity contribution in [2.75, 3.05) is 25.1 Å². The van der Waals surface area contributed by atoms with Crippen LogP contribution >= 0.6 is 0 Å². The van der Waals surface area contributed by atoms with Gasteiger partial charge in [0.15, 0.2) is 0 Å². The summed E-state index contributed by atoms with van der Waals surface area (Å²) < 4.78 is 4.96. The molecule has 0 bridgehead atoms. The Bertz CT molecular complexity index is 821. The Hall–Kier alpha value is -2.64. The molecule has 8 nitrogen and oxygen atoms in total. The average molecular weight is 401 g/mol. The van der Waals surface area contributed by atoms with Gasteiger partial charge in [-0.1, -0.05) is 12.8 Å². The number of rotatable bonds is 4. The van der Waals surface area contributed by atoms with Crippen LogP contribution in [-0.4, -0.2) is 54.0 Å². The molecule has 0 spiro atoms. The van der Waals surface area contributed by atoms with Crippen LogP contribution in [0.15, 0.2) is 18.2 Å². The first kappa shape index (κ1) is 19.7. The zero-order valence-electron chi connectivity index (χ0n) is 16.7.